The predicted molar refractivity (Wildman–Crippen MR) is 126 cm³/mol. The Labute approximate surface area is 195 Å². The van der Waals surface area contributed by atoms with Gasteiger partial charge in [0.2, 0.25) is 0 Å². The number of aryl methyl sites for hydroxylation is 2. The van der Waals surface area contributed by atoms with E-state index in [1.165, 1.54) is 48.5 Å². The van der Waals surface area contributed by atoms with Crippen molar-refractivity contribution in [2.45, 2.75) is 25.2 Å². The molecule has 0 heterocycles. The van der Waals surface area contributed by atoms with Gasteiger partial charge in [-0.1, -0.05) is 22.9 Å². The normalized spacial score (nSPS) is 11.1. The summed E-state index contributed by atoms with van der Waals surface area (Å²) in [7, 11) is -3.84. The Kier molecular flexibility index (Phi) is 7.52. The third-order valence-corrected chi connectivity index (χ3v) is 6.48. The Hall–Kier alpha value is -2.91. The number of hydrogen-bond acceptors (Lipinski definition) is 4. The van der Waals surface area contributed by atoms with Gasteiger partial charge in [0, 0.05) is 15.8 Å². The van der Waals surface area contributed by atoms with Crippen LogP contribution in [0.4, 0.5) is 15.8 Å². The Morgan fingerprint density at radius 2 is 1.72 bits per heavy atom. The van der Waals surface area contributed by atoms with Crippen LogP contribution in [0.15, 0.2) is 70.0 Å². The number of nitrogens with one attached hydrogen (secondary N) is 2. The topological polar surface area (TPSA) is 84.5 Å². The number of rotatable bonds is 8. The van der Waals surface area contributed by atoms with Gasteiger partial charge in [-0.05, 0) is 85.1 Å². The summed E-state index contributed by atoms with van der Waals surface area (Å²) in [5.74, 6) is -0.427. The fourth-order valence-electron chi connectivity index (χ4n) is 3.04. The summed E-state index contributed by atoms with van der Waals surface area (Å²) in [4.78, 5) is 12.4. The summed E-state index contributed by atoms with van der Waals surface area (Å²) in [5.41, 5.74) is 2.96. The Morgan fingerprint density at radius 1 is 1.06 bits per heavy atom. The molecule has 168 valence electrons. The van der Waals surface area contributed by atoms with E-state index in [0.717, 1.165) is 27.7 Å². The summed E-state index contributed by atoms with van der Waals surface area (Å²) in [6.45, 7) is 3.70. The first kappa shape index (κ1) is 23.7. The molecule has 0 saturated carbocycles. The van der Waals surface area contributed by atoms with Gasteiger partial charge < -0.3 is 10.1 Å². The molecular formula is C23H22BrFN2O4S. The van der Waals surface area contributed by atoms with Gasteiger partial charge in [-0.2, -0.15) is 0 Å². The maximum Gasteiger partial charge on any atom is 0.262 e. The molecule has 0 radical (unpaired) electrons. The highest BCUT2D eigenvalue weighted by Crippen LogP contribution is 2.26. The van der Waals surface area contributed by atoms with Crippen molar-refractivity contribution < 1.29 is 22.3 Å². The van der Waals surface area contributed by atoms with Crippen LogP contribution in [0, 0.1) is 12.7 Å². The standard InChI is InChI=1S/C23H22BrFN2O4S/c1-3-16-13-17(24)12-15(2)23(16)26-22(28)14-31-20-8-10-21(11-9-20)32(29,30)27-19-6-4-18(25)5-7-19/h4-13,27H,3,14H2,1-2H3,(H,26,28). The van der Waals surface area contributed by atoms with Crippen molar-refractivity contribution in [2.75, 3.05) is 16.6 Å². The zero-order chi connectivity index (χ0) is 23.3. The van der Waals surface area contributed by atoms with Crippen LogP contribution in [0.1, 0.15) is 18.1 Å². The SMILES string of the molecule is CCc1cc(Br)cc(C)c1NC(=O)COc1ccc(S(=O)(=O)Nc2ccc(F)cc2)cc1. The lowest BCUT2D eigenvalue weighted by molar-refractivity contribution is -0.118. The molecule has 0 saturated heterocycles. The summed E-state index contributed by atoms with van der Waals surface area (Å²) in [6, 6.07) is 14.6. The minimum absolute atomic E-state index is 0.0108. The Bertz CT molecular complexity index is 1210. The maximum absolute atomic E-state index is 13.0. The van der Waals surface area contributed by atoms with Crippen LogP contribution in [-0.2, 0) is 21.2 Å². The van der Waals surface area contributed by atoms with Crippen molar-refractivity contribution in [3.8, 4) is 5.75 Å². The Morgan fingerprint density at radius 3 is 2.34 bits per heavy atom. The summed E-state index contributed by atoms with van der Waals surface area (Å²) in [6.07, 6.45) is 0.763. The number of anilines is 2. The zero-order valence-corrected chi connectivity index (χ0v) is 19.9. The van der Waals surface area contributed by atoms with Gasteiger partial charge in [0.1, 0.15) is 11.6 Å². The molecule has 32 heavy (non-hydrogen) atoms. The highest BCUT2D eigenvalue weighted by atomic mass is 79.9. The molecule has 0 unspecified atom stereocenters. The second kappa shape index (κ2) is 10.1. The van der Waals surface area contributed by atoms with Crippen molar-refractivity contribution in [1.82, 2.24) is 0 Å². The minimum atomic E-state index is -3.84. The van der Waals surface area contributed by atoms with Gasteiger partial charge >= 0.3 is 0 Å². The third-order valence-electron chi connectivity index (χ3n) is 4.63. The first-order valence-corrected chi connectivity index (χ1v) is 12.1. The molecule has 1 amide bonds. The van der Waals surface area contributed by atoms with Crippen LogP contribution >= 0.6 is 15.9 Å². The van der Waals surface area contributed by atoms with Gasteiger partial charge in [-0.15, -0.1) is 0 Å². The van der Waals surface area contributed by atoms with Gasteiger partial charge in [-0.3, -0.25) is 9.52 Å². The first-order valence-electron chi connectivity index (χ1n) is 9.78. The average Bonchev–Trinajstić information content (AvgIpc) is 2.75. The summed E-state index contributed by atoms with van der Waals surface area (Å²) < 4.78 is 46.8. The van der Waals surface area contributed by atoms with E-state index in [0.29, 0.717) is 5.75 Å². The molecular weight excluding hydrogens is 499 g/mol. The van der Waals surface area contributed by atoms with Gasteiger partial charge in [0.25, 0.3) is 15.9 Å². The van der Waals surface area contributed by atoms with E-state index in [9.17, 15) is 17.6 Å². The van der Waals surface area contributed by atoms with Crippen molar-refractivity contribution in [3.63, 3.8) is 0 Å². The van der Waals surface area contributed by atoms with E-state index >= 15 is 0 Å². The number of sulfonamides is 1. The number of halogens is 2. The van der Waals surface area contributed by atoms with Gasteiger partial charge in [0.15, 0.2) is 6.61 Å². The third kappa shape index (κ3) is 6.08. The van der Waals surface area contributed by atoms with Crippen LogP contribution in [0.3, 0.4) is 0 Å². The predicted octanol–water partition coefficient (Wildman–Crippen LogP) is 5.28. The average molecular weight is 521 g/mol. The lowest BCUT2D eigenvalue weighted by Gasteiger charge is -2.14. The van der Waals surface area contributed by atoms with E-state index in [2.05, 4.69) is 26.0 Å². The van der Waals surface area contributed by atoms with E-state index in [-0.39, 0.29) is 23.1 Å². The molecule has 3 aromatic carbocycles. The van der Waals surface area contributed by atoms with Crippen LogP contribution in [0.25, 0.3) is 0 Å². The second-order valence-corrected chi connectivity index (χ2v) is 9.63. The Balaban J connectivity index is 1.61. The van der Waals surface area contributed by atoms with Crippen molar-refractivity contribution >= 4 is 43.2 Å². The smallest absolute Gasteiger partial charge is 0.262 e. The monoisotopic (exact) mass is 520 g/mol. The number of carbonyl (C=O) groups excluding carboxylic acids is 1. The molecule has 9 heteroatoms. The first-order chi connectivity index (χ1) is 15.2. The van der Waals surface area contributed by atoms with Crippen LogP contribution in [0.5, 0.6) is 5.75 Å². The lowest BCUT2D eigenvalue weighted by Crippen LogP contribution is -2.21. The zero-order valence-electron chi connectivity index (χ0n) is 17.5. The molecule has 0 aliphatic heterocycles. The molecule has 2 N–H and O–H groups in total. The van der Waals surface area contributed by atoms with E-state index in [1.54, 1.807) is 0 Å². The number of hydrogen-bond donors (Lipinski definition) is 2. The molecule has 0 aromatic heterocycles. The second-order valence-electron chi connectivity index (χ2n) is 7.03. The maximum atomic E-state index is 13.0. The molecule has 0 spiro atoms. The fourth-order valence-corrected chi connectivity index (χ4v) is 4.72. The number of carbonyl (C=O) groups is 1. The van der Waals surface area contributed by atoms with Crippen molar-refractivity contribution in [3.05, 3.63) is 82.1 Å². The van der Waals surface area contributed by atoms with Gasteiger partial charge in [0.05, 0.1) is 4.90 Å². The van der Waals surface area contributed by atoms with E-state index in [4.69, 9.17) is 4.74 Å². The molecule has 0 aliphatic rings. The molecule has 3 aromatic rings. The minimum Gasteiger partial charge on any atom is -0.484 e. The summed E-state index contributed by atoms with van der Waals surface area (Å²) in [5, 5.41) is 2.88. The highest BCUT2D eigenvalue weighted by Gasteiger charge is 2.15. The summed E-state index contributed by atoms with van der Waals surface area (Å²) >= 11 is 3.46. The number of amides is 1. The number of ether oxygens (including phenoxy) is 1. The van der Waals surface area contributed by atoms with Crippen LogP contribution < -0.4 is 14.8 Å². The quantitative estimate of drug-likeness (QED) is 0.423. The van der Waals surface area contributed by atoms with Crippen LogP contribution in [-0.4, -0.2) is 20.9 Å². The van der Waals surface area contributed by atoms with Crippen molar-refractivity contribution in [2.24, 2.45) is 0 Å². The number of benzene rings is 3. The fraction of sp³-hybridized carbons (Fsp3) is 0.174. The molecule has 3 rings (SSSR count). The molecule has 0 bridgehead atoms. The largest absolute Gasteiger partial charge is 0.484 e. The highest BCUT2D eigenvalue weighted by molar-refractivity contribution is 9.10. The molecule has 0 aliphatic carbocycles. The van der Waals surface area contributed by atoms with Gasteiger partial charge in [-0.25, -0.2) is 12.8 Å². The lowest BCUT2D eigenvalue weighted by atomic mass is 10.1. The molecule has 6 nitrogen and oxygen atoms in total. The van der Waals surface area contributed by atoms with Crippen LogP contribution in [0.2, 0.25) is 0 Å². The van der Waals surface area contributed by atoms with E-state index in [1.807, 2.05) is 26.0 Å². The molecule has 0 fully saturated rings. The van der Waals surface area contributed by atoms with Crippen molar-refractivity contribution in [1.29, 1.82) is 0 Å². The molecule has 0 atom stereocenters. The van der Waals surface area contributed by atoms with E-state index < -0.39 is 15.8 Å².